The highest BCUT2D eigenvalue weighted by atomic mass is 32.1. The van der Waals surface area contributed by atoms with Crippen LogP contribution in [0.4, 0.5) is 28.1 Å². The number of nitrogens with two attached hydrogens (primary N) is 1. The third-order valence-corrected chi connectivity index (χ3v) is 4.33. The lowest BCUT2D eigenvalue weighted by atomic mass is 10.3. The molecule has 0 unspecified atom stereocenters. The Labute approximate surface area is 159 Å². The quantitative estimate of drug-likeness (QED) is 0.445. The predicted octanol–water partition coefficient (Wildman–Crippen LogP) is 4.79. The first kappa shape index (κ1) is 16.8. The number of anilines is 5. The Morgan fingerprint density at radius 2 is 1.52 bits per heavy atom. The number of aromatic nitrogens is 3. The Morgan fingerprint density at radius 3 is 2.22 bits per heavy atom. The van der Waals surface area contributed by atoms with E-state index >= 15 is 0 Å². The molecule has 7 nitrogen and oxygen atoms in total. The summed E-state index contributed by atoms with van der Waals surface area (Å²) in [6, 6.07) is 17.2. The van der Waals surface area contributed by atoms with Crippen molar-refractivity contribution in [2.75, 3.05) is 16.4 Å². The normalized spacial score (nSPS) is 10.4. The first-order chi connectivity index (χ1) is 13.3. The van der Waals surface area contributed by atoms with Gasteiger partial charge in [0.25, 0.3) is 0 Å². The molecule has 0 fully saturated rings. The van der Waals surface area contributed by atoms with Gasteiger partial charge in [0.1, 0.15) is 23.5 Å². The molecule has 0 saturated carbocycles. The van der Waals surface area contributed by atoms with Crippen LogP contribution in [0.25, 0.3) is 0 Å². The lowest BCUT2D eigenvalue weighted by molar-refractivity contribution is 0.483. The van der Waals surface area contributed by atoms with E-state index in [-0.39, 0.29) is 0 Å². The lowest BCUT2D eigenvalue weighted by Gasteiger charge is -2.12. The van der Waals surface area contributed by atoms with E-state index in [9.17, 15) is 0 Å². The summed E-state index contributed by atoms with van der Waals surface area (Å²) >= 11 is 1.47. The number of nitrogen functional groups attached to an aromatic ring is 1. The summed E-state index contributed by atoms with van der Waals surface area (Å²) in [6.45, 7) is 0. The molecule has 4 rings (SSSR count). The first-order valence-electron chi connectivity index (χ1n) is 8.15. The second-order valence-corrected chi connectivity index (χ2v) is 6.41. The number of thiazole rings is 1. The largest absolute Gasteiger partial charge is 0.457 e. The van der Waals surface area contributed by atoms with Gasteiger partial charge in [-0.1, -0.05) is 18.2 Å². The van der Waals surface area contributed by atoms with Gasteiger partial charge in [0.2, 0.25) is 0 Å². The zero-order valence-electron chi connectivity index (χ0n) is 14.2. The van der Waals surface area contributed by atoms with E-state index in [1.807, 2.05) is 60.0 Å². The van der Waals surface area contributed by atoms with Gasteiger partial charge < -0.3 is 21.1 Å². The van der Waals surface area contributed by atoms with Crippen molar-refractivity contribution in [2.24, 2.45) is 0 Å². The molecule has 2 aromatic heterocycles. The smallest absolute Gasteiger partial charge is 0.188 e. The van der Waals surface area contributed by atoms with E-state index in [1.54, 1.807) is 6.20 Å². The predicted molar refractivity (Wildman–Crippen MR) is 108 cm³/mol. The number of nitrogens with zero attached hydrogens (tertiary/aromatic N) is 3. The molecule has 8 heteroatoms. The molecule has 2 heterocycles. The molecular weight excluding hydrogens is 360 g/mol. The van der Waals surface area contributed by atoms with Crippen molar-refractivity contribution in [3.8, 4) is 11.5 Å². The Morgan fingerprint density at radius 1 is 0.815 bits per heavy atom. The van der Waals surface area contributed by atoms with Crippen LogP contribution < -0.4 is 21.1 Å². The van der Waals surface area contributed by atoms with Gasteiger partial charge in [0, 0.05) is 17.3 Å². The maximum Gasteiger partial charge on any atom is 0.188 e. The maximum absolute atomic E-state index is 6.18. The summed E-state index contributed by atoms with van der Waals surface area (Å²) in [5.41, 5.74) is 7.43. The van der Waals surface area contributed by atoms with Gasteiger partial charge in [0.05, 0.1) is 0 Å². The van der Waals surface area contributed by atoms with Crippen LogP contribution in [0.3, 0.4) is 0 Å². The van der Waals surface area contributed by atoms with E-state index < -0.39 is 0 Å². The van der Waals surface area contributed by atoms with Gasteiger partial charge in [-0.3, -0.25) is 0 Å². The number of para-hydroxylation sites is 1. The highest BCUT2D eigenvalue weighted by Crippen LogP contribution is 2.29. The molecule has 4 aromatic rings. The van der Waals surface area contributed by atoms with E-state index in [0.717, 1.165) is 17.2 Å². The summed E-state index contributed by atoms with van der Waals surface area (Å²) in [5.74, 6) is 2.55. The van der Waals surface area contributed by atoms with Crippen molar-refractivity contribution in [1.82, 2.24) is 15.0 Å². The highest BCUT2D eigenvalue weighted by molar-refractivity contribution is 7.13. The molecule has 0 aliphatic carbocycles. The minimum atomic E-state index is 0.414. The molecule has 0 radical (unpaired) electrons. The van der Waals surface area contributed by atoms with Crippen LogP contribution in [0, 0.1) is 0 Å². The zero-order chi connectivity index (χ0) is 18.5. The van der Waals surface area contributed by atoms with Gasteiger partial charge in [0.15, 0.2) is 16.8 Å². The molecule has 0 aliphatic heterocycles. The fraction of sp³-hybridized carbons (Fsp3) is 0. The Balaban J connectivity index is 1.47. The highest BCUT2D eigenvalue weighted by Gasteiger charge is 2.10. The summed E-state index contributed by atoms with van der Waals surface area (Å²) in [6.07, 6.45) is 3.16. The van der Waals surface area contributed by atoms with Gasteiger partial charge in [-0.2, -0.15) is 0 Å². The van der Waals surface area contributed by atoms with Crippen LogP contribution in [0.15, 0.2) is 72.5 Å². The molecule has 134 valence electrons. The number of ether oxygens (including phenoxy) is 1. The molecule has 0 aliphatic rings. The first-order valence-corrected chi connectivity index (χ1v) is 9.03. The van der Waals surface area contributed by atoms with E-state index in [4.69, 9.17) is 10.5 Å². The average Bonchev–Trinajstić information content (AvgIpc) is 3.20. The number of nitrogens with one attached hydrogen (secondary N) is 2. The van der Waals surface area contributed by atoms with Gasteiger partial charge in [-0.05, 0) is 36.4 Å². The molecular formula is C19H16N6OS. The second-order valence-electron chi connectivity index (χ2n) is 5.51. The number of hydrogen-bond acceptors (Lipinski definition) is 8. The molecule has 0 atom stereocenters. The molecule has 2 aromatic carbocycles. The summed E-state index contributed by atoms with van der Waals surface area (Å²) in [5, 5.41) is 8.87. The topological polar surface area (TPSA) is 98.0 Å². The van der Waals surface area contributed by atoms with Crippen LogP contribution in [0.1, 0.15) is 0 Å². The van der Waals surface area contributed by atoms with Gasteiger partial charge in [-0.25, -0.2) is 15.0 Å². The van der Waals surface area contributed by atoms with Crippen molar-refractivity contribution in [1.29, 1.82) is 0 Å². The van der Waals surface area contributed by atoms with E-state index in [1.165, 1.54) is 17.7 Å². The van der Waals surface area contributed by atoms with Crippen LogP contribution in [0.5, 0.6) is 11.5 Å². The van der Waals surface area contributed by atoms with Gasteiger partial charge in [-0.15, -0.1) is 11.3 Å². The molecule has 0 spiro atoms. The molecule has 0 amide bonds. The van der Waals surface area contributed by atoms with Crippen molar-refractivity contribution in [2.45, 2.75) is 0 Å². The SMILES string of the molecule is Nc1c(Nc2ccc(Oc3ccccc3)cc2)ncnc1Nc1nccs1. The molecule has 27 heavy (non-hydrogen) atoms. The van der Waals surface area contributed by atoms with Crippen LogP contribution >= 0.6 is 11.3 Å². The number of rotatable bonds is 6. The standard InChI is InChI=1S/C19H16N6OS/c20-16-17(22-12-23-18(16)25-19-21-10-11-27-19)24-13-6-8-15(9-7-13)26-14-4-2-1-3-5-14/h1-12H,20H2,(H2,21,22,23,24,25). The Bertz CT molecular complexity index is 1010. The Kier molecular flexibility index (Phi) is 4.80. The summed E-state index contributed by atoms with van der Waals surface area (Å²) in [4.78, 5) is 12.6. The average molecular weight is 376 g/mol. The third-order valence-electron chi connectivity index (χ3n) is 3.64. The monoisotopic (exact) mass is 376 g/mol. The number of hydrogen-bond donors (Lipinski definition) is 3. The summed E-state index contributed by atoms with van der Waals surface area (Å²) < 4.78 is 5.79. The molecule has 0 saturated heterocycles. The minimum absolute atomic E-state index is 0.414. The van der Waals surface area contributed by atoms with Crippen LogP contribution in [0.2, 0.25) is 0 Å². The maximum atomic E-state index is 6.18. The fourth-order valence-corrected chi connectivity index (χ4v) is 2.88. The fourth-order valence-electron chi connectivity index (χ4n) is 2.35. The zero-order valence-corrected chi connectivity index (χ0v) is 15.0. The molecule has 0 bridgehead atoms. The van der Waals surface area contributed by atoms with Crippen LogP contribution in [-0.4, -0.2) is 15.0 Å². The summed E-state index contributed by atoms with van der Waals surface area (Å²) in [7, 11) is 0. The van der Waals surface area contributed by atoms with Crippen LogP contribution in [-0.2, 0) is 0 Å². The second kappa shape index (κ2) is 7.71. The Hall–Kier alpha value is -3.65. The van der Waals surface area contributed by atoms with E-state index in [2.05, 4.69) is 25.6 Å². The lowest BCUT2D eigenvalue weighted by Crippen LogP contribution is -2.05. The van der Waals surface area contributed by atoms with Crippen molar-refractivity contribution >= 4 is 39.5 Å². The molecule has 4 N–H and O–H groups in total. The van der Waals surface area contributed by atoms with Crippen molar-refractivity contribution < 1.29 is 4.74 Å². The number of benzene rings is 2. The third kappa shape index (κ3) is 4.13. The van der Waals surface area contributed by atoms with Crippen molar-refractivity contribution in [3.05, 3.63) is 72.5 Å². The van der Waals surface area contributed by atoms with Crippen molar-refractivity contribution in [3.63, 3.8) is 0 Å². The minimum Gasteiger partial charge on any atom is -0.457 e. The van der Waals surface area contributed by atoms with E-state index in [0.29, 0.717) is 22.5 Å². The van der Waals surface area contributed by atoms with Gasteiger partial charge >= 0.3 is 0 Å².